The number of aromatic nitrogens is 6. The lowest BCUT2D eigenvalue weighted by atomic mass is 10.0. The van der Waals surface area contributed by atoms with Crippen LogP contribution in [0.2, 0.25) is 0 Å². The SMILES string of the molecule is C=CC(=O)Cl.C=CC(=O)N1CCN(c2nc(OCCCN3CCOCC3)nc3c2CCN(c2cc(C)cc4cccnc24)C3)CC1.CCN(CC)CC.Cc1cc(N2CCc3c(nc(OCCCN4CCOCC4)nc3N3CCN(C(=O)OCc4ccccc4)CC3)C2)c2ncccc2c1.ClCCl. The number of morpholine rings is 2. The second-order valence-corrected chi connectivity index (χ2v) is 26.8. The largest absolute Gasteiger partial charge is 0.463 e. The number of benzene rings is 3. The van der Waals surface area contributed by atoms with Crippen molar-refractivity contribution in [3.05, 3.63) is 156 Å². The molecule has 0 bridgehead atoms. The summed E-state index contributed by atoms with van der Waals surface area (Å²) in [5.74, 6) is 1.84. The van der Waals surface area contributed by atoms with Crippen LogP contribution in [0.25, 0.3) is 21.8 Å². The number of piperazine rings is 2. The van der Waals surface area contributed by atoms with Crippen LogP contribution in [0, 0.1) is 13.8 Å². The van der Waals surface area contributed by atoms with E-state index in [4.69, 9.17) is 88.4 Å². The highest BCUT2D eigenvalue weighted by Crippen LogP contribution is 2.37. The summed E-state index contributed by atoms with van der Waals surface area (Å²) in [4.78, 5) is 84.0. The molecule has 7 aromatic rings. The molecule has 0 radical (unpaired) electrons. The van der Waals surface area contributed by atoms with Crippen LogP contribution in [0.4, 0.5) is 27.8 Å². The van der Waals surface area contributed by atoms with Crippen LogP contribution in [0.5, 0.6) is 12.0 Å². The van der Waals surface area contributed by atoms with Crippen molar-refractivity contribution in [2.45, 2.75) is 80.0 Å². The summed E-state index contributed by atoms with van der Waals surface area (Å²) in [5, 5.41) is 1.97. The molecule has 103 heavy (non-hydrogen) atoms. The lowest BCUT2D eigenvalue weighted by molar-refractivity contribution is -0.126. The third-order valence-corrected chi connectivity index (χ3v) is 19.1. The van der Waals surface area contributed by atoms with E-state index in [1.807, 2.05) is 59.8 Å². The Kier molecular flexibility index (Phi) is 31.9. The molecule has 3 aromatic carbocycles. The summed E-state index contributed by atoms with van der Waals surface area (Å²) in [7, 11) is 0. The summed E-state index contributed by atoms with van der Waals surface area (Å²) >= 11 is 14.2. The van der Waals surface area contributed by atoms with Crippen molar-refractivity contribution in [1.29, 1.82) is 0 Å². The number of nitrogens with zero attached hydrogens (tertiary/aromatic N) is 15. The molecule has 554 valence electrons. The summed E-state index contributed by atoms with van der Waals surface area (Å²) in [6, 6.07) is 27.7. The molecule has 4 fully saturated rings. The van der Waals surface area contributed by atoms with E-state index in [2.05, 4.69) is 118 Å². The molecule has 0 saturated carbocycles. The summed E-state index contributed by atoms with van der Waals surface area (Å²) in [6.07, 6.45) is 9.32. The maximum Gasteiger partial charge on any atom is 0.410 e. The number of anilines is 4. The quantitative estimate of drug-likeness (QED) is 0.0284. The fourth-order valence-corrected chi connectivity index (χ4v) is 13.4. The van der Waals surface area contributed by atoms with E-state index in [9.17, 15) is 14.4 Å². The predicted molar refractivity (Wildman–Crippen MR) is 412 cm³/mol. The maximum absolute atomic E-state index is 12.9. The van der Waals surface area contributed by atoms with Crippen molar-refractivity contribution in [2.24, 2.45) is 0 Å². The van der Waals surface area contributed by atoms with Gasteiger partial charge in [-0.2, -0.15) is 19.9 Å². The van der Waals surface area contributed by atoms with Gasteiger partial charge < -0.3 is 58.0 Å². The highest BCUT2D eigenvalue weighted by molar-refractivity contribution is 6.66. The molecule has 0 unspecified atom stereocenters. The van der Waals surface area contributed by atoms with Crippen molar-refractivity contribution >= 4 is 96.9 Å². The number of fused-ring (bicyclic) bond motifs is 4. The van der Waals surface area contributed by atoms with Gasteiger partial charge in [0, 0.05) is 139 Å². The molecule has 4 saturated heterocycles. The molecule has 26 heteroatoms. The topological polar surface area (TPSA) is 204 Å². The number of amides is 2. The summed E-state index contributed by atoms with van der Waals surface area (Å²) < 4.78 is 29.0. The number of allylic oxidation sites excluding steroid dienone is 1. The van der Waals surface area contributed by atoms with Gasteiger partial charge in [-0.25, -0.2) is 4.79 Å². The van der Waals surface area contributed by atoms with Crippen LogP contribution >= 0.6 is 34.8 Å². The Morgan fingerprint density at radius 2 is 0.990 bits per heavy atom. The first-order valence-corrected chi connectivity index (χ1v) is 37.6. The molecular weight excluding hydrogens is 1370 g/mol. The fourth-order valence-electron chi connectivity index (χ4n) is 13.4. The van der Waals surface area contributed by atoms with Crippen LogP contribution < -0.4 is 29.1 Å². The lowest BCUT2D eigenvalue weighted by Gasteiger charge is -2.38. The number of pyridine rings is 2. The minimum Gasteiger partial charge on any atom is -0.463 e. The average Bonchev–Trinajstić information content (AvgIpc) is 0.774. The van der Waals surface area contributed by atoms with Gasteiger partial charge in [-0.1, -0.05) is 76.4 Å². The van der Waals surface area contributed by atoms with E-state index in [-0.39, 0.29) is 23.9 Å². The molecule has 4 aromatic heterocycles. The van der Waals surface area contributed by atoms with Gasteiger partial charge in [0.1, 0.15) is 18.2 Å². The van der Waals surface area contributed by atoms with Crippen LogP contribution in [0.15, 0.2) is 117 Å². The Morgan fingerprint density at radius 3 is 1.40 bits per heavy atom. The number of rotatable bonds is 21. The normalized spacial score (nSPS) is 16.1. The fraction of sp³-hybridized carbons (Fsp3) is 0.494. The molecular formula is C77H102Cl3N15O8. The number of aryl methyl sites for hydroxylation is 2. The molecule has 0 spiro atoms. The second kappa shape index (κ2) is 41.5. The molecule has 2 amide bonds. The molecule has 0 atom stereocenters. The zero-order chi connectivity index (χ0) is 72.9. The first-order chi connectivity index (χ1) is 50.2. The minimum atomic E-state index is -0.509. The molecule has 10 heterocycles. The third kappa shape index (κ3) is 23.2. The van der Waals surface area contributed by atoms with E-state index in [0.717, 1.165) is 191 Å². The van der Waals surface area contributed by atoms with Crippen molar-refractivity contribution in [3.8, 4) is 12.0 Å². The number of halogens is 3. The number of hydrogen-bond acceptors (Lipinski definition) is 21. The van der Waals surface area contributed by atoms with Crippen molar-refractivity contribution < 1.29 is 38.1 Å². The Hall–Kier alpha value is -8.00. The number of ether oxygens (including phenoxy) is 5. The molecule has 23 nitrogen and oxygen atoms in total. The van der Waals surface area contributed by atoms with E-state index in [1.54, 1.807) is 4.90 Å². The van der Waals surface area contributed by atoms with Gasteiger partial charge >= 0.3 is 18.1 Å². The molecule has 6 aliphatic heterocycles. The number of alkyl halides is 2. The lowest BCUT2D eigenvalue weighted by Crippen LogP contribution is -2.49. The van der Waals surface area contributed by atoms with Gasteiger partial charge in [0.25, 0.3) is 0 Å². The van der Waals surface area contributed by atoms with Gasteiger partial charge in [-0.3, -0.25) is 29.4 Å². The maximum atomic E-state index is 12.9. The Morgan fingerprint density at radius 1 is 0.553 bits per heavy atom. The minimum absolute atomic E-state index is 0.0201. The Labute approximate surface area is 622 Å². The van der Waals surface area contributed by atoms with Gasteiger partial charge in [-0.05, 0) is 136 Å². The number of carbonyl (C=O) groups is 3. The predicted octanol–water partition coefficient (Wildman–Crippen LogP) is 11.0. The smallest absolute Gasteiger partial charge is 0.410 e. The van der Waals surface area contributed by atoms with Gasteiger partial charge in [-0.15, -0.1) is 23.2 Å². The van der Waals surface area contributed by atoms with E-state index in [1.165, 1.54) is 42.4 Å². The second-order valence-electron chi connectivity index (χ2n) is 25.6. The molecule has 0 N–H and O–H groups in total. The highest BCUT2D eigenvalue weighted by Gasteiger charge is 2.32. The molecule has 6 aliphatic rings. The zero-order valence-corrected chi connectivity index (χ0v) is 62.9. The van der Waals surface area contributed by atoms with Crippen LogP contribution in [-0.2, 0) is 56.3 Å². The first-order valence-electron chi connectivity index (χ1n) is 36.1. The zero-order valence-electron chi connectivity index (χ0n) is 60.7. The summed E-state index contributed by atoms with van der Waals surface area (Å²) in [5.41, 5.74) is 12.0. The number of hydrogen-bond donors (Lipinski definition) is 0. The average molecular weight is 1470 g/mol. The Balaban J connectivity index is 0.000000201. The molecule has 13 rings (SSSR count). The highest BCUT2D eigenvalue weighted by atomic mass is 35.5. The van der Waals surface area contributed by atoms with Gasteiger partial charge in [0.2, 0.25) is 11.1 Å². The summed E-state index contributed by atoms with van der Waals surface area (Å²) in [6.45, 7) is 39.7. The van der Waals surface area contributed by atoms with E-state index < -0.39 is 5.24 Å². The van der Waals surface area contributed by atoms with Crippen molar-refractivity contribution in [3.63, 3.8) is 0 Å². The first kappa shape index (κ1) is 79.1. The van der Waals surface area contributed by atoms with Gasteiger partial charge in [0.05, 0.1) is 91.9 Å². The monoisotopic (exact) mass is 1470 g/mol. The van der Waals surface area contributed by atoms with Crippen LogP contribution in [0.1, 0.15) is 72.8 Å². The molecule has 0 aliphatic carbocycles. The standard InChI is InChI=1S/C36H43N7O4.C31H39N7O3.C6H15N.C3H3ClO.CH2Cl2/c1-27-23-29-9-5-11-37-33(29)32(24-27)43-13-10-30-31(25-43)38-35(46-20-6-12-40-18-21-45-22-19-40)39-34(30)41-14-16-42(17-15-41)36(44)47-26-28-7-3-2-4-8-28;1-3-28(39)36-11-13-37(14-12-36)30-25-7-10-38(27-21-23(2)20-24-6-4-8-32-29(24)27)22-26(25)33-31(34-30)41-17-5-9-35-15-18-40-19-16-35;1-4-7(5-2)6-3;1-2-3(4)5;2-1-3/h2-5,7-9,11,23-24H,6,10,12-22,25-26H2,1H3;3-4,6,8,20-21H,1,5,7,9-19,22H2,2H3;4-6H2,1-3H3;2H,1H2;1H2. The van der Waals surface area contributed by atoms with Gasteiger partial charge in [0.15, 0.2) is 0 Å². The third-order valence-electron chi connectivity index (χ3n) is 18.9. The van der Waals surface area contributed by atoms with Crippen molar-refractivity contribution in [2.75, 3.05) is 189 Å². The van der Waals surface area contributed by atoms with Crippen LogP contribution in [0.3, 0.4) is 0 Å². The van der Waals surface area contributed by atoms with Crippen molar-refractivity contribution in [1.82, 2.24) is 54.4 Å². The van der Waals surface area contributed by atoms with Crippen LogP contribution in [-0.4, -0.2) is 241 Å². The number of carbonyl (C=O) groups excluding carboxylic acids is 3. The van der Waals surface area contributed by atoms with E-state index in [0.29, 0.717) is 77.6 Å². The Bertz CT molecular complexity index is 3850. The van der Waals surface area contributed by atoms with E-state index >= 15 is 0 Å².